The zero-order valence-electron chi connectivity index (χ0n) is 10.6. The summed E-state index contributed by atoms with van der Waals surface area (Å²) in [4.78, 5) is 0. The second kappa shape index (κ2) is 6.78. The van der Waals surface area contributed by atoms with Gasteiger partial charge in [-0.3, -0.25) is 0 Å². The number of rotatable bonds is 4. The molecule has 0 radical (unpaired) electrons. The molecule has 112 valence electrons. The van der Waals surface area contributed by atoms with Gasteiger partial charge in [0.1, 0.15) is 5.75 Å². The van der Waals surface area contributed by atoms with Crippen LogP contribution < -0.4 is 4.74 Å². The van der Waals surface area contributed by atoms with Crippen LogP contribution in [0.1, 0.15) is 24.8 Å². The van der Waals surface area contributed by atoms with E-state index < -0.39 is 6.36 Å². The lowest BCUT2D eigenvalue weighted by atomic mass is 10.2. The predicted molar refractivity (Wildman–Crippen MR) is 69.2 cm³/mol. The Morgan fingerprint density at radius 2 is 2.10 bits per heavy atom. The van der Waals surface area contributed by atoms with Crippen LogP contribution >= 0.6 is 15.9 Å². The van der Waals surface area contributed by atoms with Crippen LogP contribution in [-0.4, -0.2) is 19.3 Å². The Labute approximate surface area is 123 Å². The van der Waals surface area contributed by atoms with Crippen LogP contribution in [-0.2, 0) is 16.1 Å². The lowest BCUT2D eigenvalue weighted by molar-refractivity contribution is -0.274. The van der Waals surface area contributed by atoms with Crippen molar-refractivity contribution >= 4 is 15.9 Å². The van der Waals surface area contributed by atoms with Gasteiger partial charge < -0.3 is 14.2 Å². The fourth-order valence-electron chi connectivity index (χ4n) is 1.87. The van der Waals surface area contributed by atoms with Gasteiger partial charge >= 0.3 is 6.36 Å². The summed E-state index contributed by atoms with van der Waals surface area (Å²) in [6, 6.07) is 4.34. The third kappa shape index (κ3) is 4.96. The molecule has 7 heteroatoms. The van der Waals surface area contributed by atoms with Gasteiger partial charge in [0, 0.05) is 6.61 Å². The SMILES string of the molecule is FC(F)(F)Oc1ccc(COC2CCCCO2)cc1Br. The Bertz CT molecular complexity index is 445. The third-order valence-corrected chi connectivity index (χ3v) is 3.42. The molecule has 1 saturated heterocycles. The van der Waals surface area contributed by atoms with Crippen molar-refractivity contribution in [2.24, 2.45) is 0 Å². The summed E-state index contributed by atoms with van der Waals surface area (Å²) in [5, 5.41) is 0. The third-order valence-electron chi connectivity index (χ3n) is 2.80. The highest BCUT2D eigenvalue weighted by Gasteiger charge is 2.31. The van der Waals surface area contributed by atoms with E-state index in [1.54, 1.807) is 6.07 Å². The highest BCUT2D eigenvalue weighted by molar-refractivity contribution is 9.10. The second-order valence-corrected chi connectivity index (χ2v) is 5.27. The van der Waals surface area contributed by atoms with E-state index in [9.17, 15) is 13.2 Å². The first-order valence-corrected chi connectivity index (χ1v) is 7.01. The number of hydrogen-bond donors (Lipinski definition) is 0. The molecule has 20 heavy (non-hydrogen) atoms. The minimum Gasteiger partial charge on any atom is -0.405 e. The molecule has 1 unspecified atom stereocenters. The van der Waals surface area contributed by atoms with Gasteiger partial charge in [-0.15, -0.1) is 13.2 Å². The van der Waals surface area contributed by atoms with E-state index in [4.69, 9.17) is 9.47 Å². The zero-order chi connectivity index (χ0) is 14.6. The zero-order valence-corrected chi connectivity index (χ0v) is 12.2. The van der Waals surface area contributed by atoms with Crippen molar-refractivity contribution in [3.8, 4) is 5.75 Å². The van der Waals surface area contributed by atoms with Crippen LogP contribution in [0.4, 0.5) is 13.2 Å². The van der Waals surface area contributed by atoms with E-state index in [0.29, 0.717) is 6.61 Å². The van der Waals surface area contributed by atoms with Gasteiger partial charge in [-0.1, -0.05) is 6.07 Å². The first-order valence-electron chi connectivity index (χ1n) is 6.21. The van der Waals surface area contributed by atoms with Crippen LogP contribution in [0.2, 0.25) is 0 Å². The molecular formula is C13H14BrF3O3. The number of hydrogen-bond acceptors (Lipinski definition) is 3. The molecule has 0 amide bonds. The van der Waals surface area contributed by atoms with Gasteiger partial charge in [0.2, 0.25) is 0 Å². The fraction of sp³-hybridized carbons (Fsp3) is 0.538. The molecule has 0 bridgehead atoms. The molecule has 1 fully saturated rings. The molecule has 1 aromatic carbocycles. The van der Waals surface area contributed by atoms with Crippen molar-refractivity contribution in [1.82, 2.24) is 0 Å². The van der Waals surface area contributed by atoms with Crippen LogP contribution in [0.25, 0.3) is 0 Å². The number of ether oxygens (including phenoxy) is 3. The average molecular weight is 355 g/mol. The maximum Gasteiger partial charge on any atom is 0.573 e. The van der Waals surface area contributed by atoms with Crippen molar-refractivity contribution in [1.29, 1.82) is 0 Å². The van der Waals surface area contributed by atoms with Crippen LogP contribution in [0.15, 0.2) is 22.7 Å². The Hall–Kier alpha value is -0.790. The van der Waals surface area contributed by atoms with Crippen LogP contribution in [0.5, 0.6) is 5.75 Å². The monoisotopic (exact) mass is 354 g/mol. The summed E-state index contributed by atoms with van der Waals surface area (Å²) in [6.07, 6.45) is -1.98. The van der Waals surface area contributed by atoms with Gasteiger partial charge in [-0.25, -0.2) is 0 Å². The first-order chi connectivity index (χ1) is 9.44. The lowest BCUT2D eigenvalue weighted by Crippen LogP contribution is -2.22. The minimum absolute atomic E-state index is 0.228. The number of halogens is 4. The number of alkyl halides is 3. The fourth-order valence-corrected chi connectivity index (χ4v) is 2.38. The molecule has 1 aliphatic rings. The van der Waals surface area contributed by atoms with E-state index in [2.05, 4.69) is 20.7 Å². The van der Waals surface area contributed by atoms with E-state index in [1.807, 2.05) is 0 Å². The Kier molecular flexibility index (Phi) is 5.29. The van der Waals surface area contributed by atoms with Crippen LogP contribution in [0.3, 0.4) is 0 Å². The number of benzene rings is 1. The minimum atomic E-state index is -4.70. The second-order valence-electron chi connectivity index (χ2n) is 4.42. The molecule has 1 aliphatic heterocycles. The topological polar surface area (TPSA) is 27.7 Å². The summed E-state index contributed by atoms with van der Waals surface area (Å²) < 4.78 is 51.5. The van der Waals surface area contributed by atoms with Gasteiger partial charge in [0.25, 0.3) is 0 Å². The first kappa shape index (κ1) is 15.6. The molecule has 3 nitrogen and oxygen atoms in total. The highest BCUT2D eigenvalue weighted by atomic mass is 79.9. The van der Waals surface area contributed by atoms with E-state index in [0.717, 1.165) is 24.8 Å². The summed E-state index contributed by atoms with van der Waals surface area (Å²) >= 11 is 3.05. The molecule has 1 atom stereocenters. The van der Waals surface area contributed by atoms with Gasteiger partial charge in [-0.2, -0.15) is 0 Å². The summed E-state index contributed by atoms with van der Waals surface area (Å²) in [5.74, 6) is -0.268. The van der Waals surface area contributed by atoms with Crippen molar-refractivity contribution in [3.05, 3.63) is 28.2 Å². The van der Waals surface area contributed by atoms with Crippen molar-refractivity contribution in [2.75, 3.05) is 6.61 Å². The Morgan fingerprint density at radius 1 is 1.30 bits per heavy atom. The lowest BCUT2D eigenvalue weighted by Gasteiger charge is -2.22. The molecule has 2 rings (SSSR count). The molecule has 0 spiro atoms. The van der Waals surface area contributed by atoms with E-state index >= 15 is 0 Å². The largest absolute Gasteiger partial charge is 0.573 e. The molecule has 1 heterocycles. The highest BCUT2D eigenvalue weighted by Crippen LogP contribution is 2.31. The molecule has 0 aliphatic carbocycles. The maximum absolute atomic E-state index is 12.1. The Balaban J connectivity index is 1.91. The summed E-state index contributed by atoms with van der Waals surface area (Å²) in [6.45, 7) is 0.974. The standard InChI is InChI=1S/C13H14BrF3O3/c14-10-7-9(4-5-11(10)20-13(15,16)17)8-19-12-3-1-2-6-18-12/h4-5,7,12H,1-3,6,8H2. The van der Waals surface area contributed by atoms with E-state index in [1.165, 1.54) is 12.1 Å². The van der Waals surface area contributed by atoms with Crippen molar-refractivity contribution in [2.45, 2.75) is 38.5 Å². The van der Waals surface area contributed by atoms with E-state index in [-0.39, 0.29) is 23.1 Å². The molecular weight excluding hydrogens is 341 g/mol. The Morgan fingerprint density at radius 3 is 2.70 bits per heavy atom. The van der Waals surface area contributed by atoms with Crippen molar-refractivity contribution < 1.29 is 27.4 Å². The van der Waals surface area contributed by atoms with Gasteiger partial charge in [-0.05, 0) is 52.9 Å². The molecule has 1 aromatic rings. The maximum atomic E-state index is 12.1. The predicted octanol–water partition coefficient (Wildman–Crippen LogP) is 4.39. The smallest absolute Gasteiger partial charge is 0.405 e. The van der Waals surface area contributed by atoms with Crippen molar-refractivity contribution in [3.63, 3.8) is 0 Å². The average Bonchev–Trinajstić information content (AvgIpc) is 2.39. The van der Waals surface area contributed by atoms with Gasteiger partial charge in [0.15, 0.2) is 6.29 Å². The quantitative estimate of drug-likeness (QED) is 0.802. The molecule has 0 saturated carbocycles. The normalized spacial score (nSPS) is 19.9. The molecule has 0 N–H and O–H groups in total. The summed E-state index contributed by atoms with van der Waals surface area (Å²) in [5.41, 5.74) is 0.751. The van der Waals surface area contributed by atoms with Crippen LogP contribution in [0, 0.1) is 0 Å². The molecule has 0 aromatic heterocycles. The summed E-state index contributed by atoms with van der Waals surface area (Å²) in [7, 11) is 0. The van der Waals surface area contributed by atoms with Gasteiger partial charge in [0.05, 0.1) is 11.1 Å².